The van der Waals surface area contributed by atoms with Gasteiger partial charge in [0.15, 0.2) is 6.61 Å². The number of hydrogen-bond acceptors (Lipinski definition) is 3. The van der Waals surface area contributed by atoms with Crippen LogP contribution in [0.25, 0.3) is 0 Å². The number of urea groups is 1. The second-order valence-corrected chi connectivity index (χ2v) is 6.17. The van der Waals surface area contributed by atoms with E-state index in [9.17, 15) is 14.0 Å². The Kier molecular flexibility index (Phi) is 6.40. The van der Waals surface area contributed by atoms with Crippen LogP contribution in [0.5, 0.6) is 5.75 Å². The van der Waals surface area contributed by atoms with Crippen molar-refractivity contribution in [3.63, 3.8) is 0 Å². The zero-order valence-electron chi connectivity index (χ0n) is 14.0. The van der Waals surface area contributed by atoms with Crippen molar-refractivity contribution >= 4 is 11.9 Å². The Morgan fingerprint density at radius 3 is 2.46 bits per heavy atom. The van der Waals surface area contributed by atoms with Crippen LogP contribution in [0.2, 0.25) is 0 Å². The van der Waals surface area contributed by atoms with Crippen molar-refractivity contribution in [1.82, 2.24) is 15.5 Å². The molecule has 1 saturated heterocycles. The molecule has 0 unspecified atom stereocenters. The largest absolute Gasteiger partial charge is 0.484 e. The van der Waals surface area contributed by atoms with Crippen LogP contribution in [-0.2, 0) is 4.79 Å². The predicted molar refractivity (Wildman–Crippen MR) is 88.3 cm³/mol. The first-order valence-electron chi connectivity index (χ1n) is 8.17. The normalized spacial score (nSPS) is 15.2. The van der Waals surface area contributed by atoms with Crippen LogP contribution in [0.3, 0.4) is 0 Å². The SMILES string of the molecule is CC(C)NC(=O)NC1CCN(C(=O)COc2ccc(F)cc2)CC1. The molecular weight excluding hydrogens is 313 g/mol. The van der Waals surface area contributed by atoms with Crippen LogP contribution >= 0.6 is 0 Å². The molecule has 1 aliphatic rings. The van der Waals surface area contributed by atoms with Gasteiger partial charge in [-0.2, -0.15) is 0 Å². The summed E-state index contributed by atoms with van der Waals surface area (Å²) in [6, 6.07) is 5.56. The standard InChI is InChI=1S/C17H24FN3O3/c1-12(2)19-17(23)20-14-7-9-21(10-8-14)16(22)11-24-15-5-3-13(18)4-6-15/h3-6,12,14H,7-11H2,1-2H3,(H2,19,20,23). The van der Waals surface area contributed by atoms with Crippen LogP contribution in [0, 0.1) is 5.82 Å². The Morgan fingerprint density at radius 2 is 1.88 bits per heavy atom. The number of rotatable bonds is 5. The van der Waals surface area contributed by atoms with Crippen molar-refractivity contribution in [2.75, 3.05) is 19.7 Å². The highest BCUT2D eigenvalue weighted by Crippen LogP contribution is 2.13. The maximum atomic E-state index is 12.8. The Morgan fingerprint density at radius 1 is 1.25 bits per heavy atom. The summed E-state index contributed by atoms with van der Waals surface area (Å²) in [6.45, 7) is 4.90. The molecule has 0 bridgehead atoms. The molecule has 1 aromatic carbocycles. The lowest BCUT2D eigenvalue weighted by atomic mass is 10.1. The van der Waals surface area contributed by atoms with E-state index in [-0.39, 0.29) is 36.4 Å². The zero-order chi connectivity index (χ0) is 17.5. The number of likely N-dealkylation sites (tertiary alicyclic amines) is 1. The maximum Gasteiger partial charge on any atom is 0.315 e. The number of hydrogen-bond donors (Lipinski definition) is 2. The fourth-order valence-electron chi connectivity index (χ4n) is 2.53. The molecule has 0 spiro atoms. The van der Waals surface area contributed by atoms with E-state index in [2.05, 4.69) is 10.6 Å². The van der Waals surface area contributed by atoms with E-state index in [0.29, 0.717) is 31.7 Å². The minimum Gasteiger partial charge on any atom is -0.484 e. The third-order valence-corrected chi connectivity index (χ3v) is 3.78. The lowest BCUT2D eigenvalue weighted by Crippen LogP contribution is -2.50. The van der Waals surface area contributed by atoms with E-state index in [1.807, 2.05) is 13.8 Å². The number of amides is 3. The molecule has 132 valence electrons. The van der Waals surface area contributed by atoms with Crippen LogP contribution in [0.15, 0.2) is 24.3 Å². The van der Waals surface area contributed by atoms with Gasteiger partial charge in [-0.05, 0) is 51.0 Å². The molecule has 1 aromatic rings. The third-order valence-electron chi connectivity index (χ3n) is 3.78. The Labute approximate surface area is 141 Å². The van der Waals surface area contributed by atoms with Crippen LogP contribution in [0.1, 0.15) is 26.7 Å². The Bertz CT molecular complexity index is 555. The number of carbonyl (C=O) groups excluding carboxylic acids is 2. The van der Waals surface area contributed by atoms with Gasteiger partial charge in [-0.25, -0.2) is 9.18 Å². The number of nitrogens with zero attached hydrogens (tertiary/aromatic N) is 1. The molecule has 1 heterocycles. The van der Waals surface area contributed by atoms with Crippen molar-refractivity contribution in [2.45, 2.75) is 38.8 Å². The van der Waals surface area contributed by atoms with Crippen LogP contribution in [-0.4, -0.2) is 48.6 Å². The van der Waals surface area contributed by atoms with E-state index in [0.717, 1.165) is 0 Å². The van der Waals surface area contributed by atoms with Gasteiger partial charge in [-0.15, -0.1) is 0 Å². The Hall–Kier alpha value is -2.31. The summed E-state index contributed by atoms with van der Waals surface area (Å²) in [4.78, 5) is 25.5. The average Bonchev–Trinajstić information content (AvgIpc) is 2.54. The first-order valence-corrected chi connectivity index (χ1v) is 8.17. The zero-order valence-corrected chi connectivity index (χ0v) is 14.0. The van der Waals surface area contributed by atoms with E-state index in [1.165, 1.54) is 24.3 Å². The summed E-state index contributed by atoms with van der Waals surface area (Å²) in [5, 5.41) is 5.71. The van der Waals surface area contributed by atoms with Crippen molar-refractivity contribution in [1.29, 1.82) is 0 Å². The van der Waals surface area contributed by atoms with E-state index >= 15 is 0 Å². The number of nitrogens with one attached hydrogen (secondary N) is 2. The molecule has 0 saturated carbocycles. The molecule has 7 heteroatoms. The number of carbonyl (C=O) groups is 2. The van der Waals surface area contributed by atoms with Gasteiger partial charge >= 0.3 is 6.03 Å². The van der Waals surface area contributed by atoms with Crippen LogP contribution in [0.4, 0.5) is 9.18 Å². The molecule has 24 heavy (non-hydrogen) atoms. The molecule has 0 aliphatic carbocycles. The highest BCUT2D eigenvalue weighted by atomic mass is 19.1. The van der Waals surface area contributed by atoms with Gasteiger partial charge < -0.3 is 20.3 Å². The van der Waals surface area contributed by atoms with Crippen molar-refractivity contribution < 1.29 is 18.7 Å². The Balaban J connectivity index is 1.70. The molecule has 2 N–H and O–H groups in total. The number of piperidine rings is 1. The fourth-order valence-corrected chi connectivity index (χ4v) is 2.53. The summed E-state index contributed by atoms with van der Waals surface area (Å²) in [5.41, 5.74) is 0. The first-order chi connectivity index (χ1) is 11.4. The molecule has 6 nitrogen and oxygen atoms in total. The summed E-state index contributed by atoms with van der Waals surface area (Å²) < 4.78 is 18.2. The van der Waals surface area contributed by atoms with E-state index in [4.69, 9.17) is 4.74 Å². The summed E-state index contributed by atoms with van der Waals surface area (Å²) in [7, 11) is 0. The highest BCUT2D eigenvalue weighted by molar-refractivity contribution is 5.78. The molecule has 3 amide bonds. The van der Waals surface area contributed by atoms with Gasteiger partial charge in [0, 0.05) is 25.2 Å². The first kappa shape index (κ1) is 18.0. The molecule has 0 atom stereocenters. The van der Waals surface area contributed by atoms with Crippen LogP contribution < -0.4 is 15.4 Å². The predicted octanol–water partition coefficient (Wildman–Crippen LogP) is 1.90. The second-order valence-electron chi connectivity index (χ2n) is 6.17. The summed E-state index contributed by atoms with van der Waals surface area (Å²) >= 11 is 0. The van der Waals surface area contributed by atoms with Crippen molar-refractivity contribution in [2.24, 2.45) is 0 Å². The van der Waals surface area contributed by atoms with Gasteiger partial charge in [-0.3, -0.25) is 4.79 Å². The van der Waals surface area contributed by atoms with E-state index < -0.39 is 0 Å². The summed E-state index contributed by atoms with van der Waals surface area (Å²) in [5.74, 6) is 0.0146. The topological polar surface area (TPSA) is 70.7 Å². The number of halogens is 1. The average molecular weight is 337 g/mol. The molecule has 1 fully saturated rings. The summed E-state index contributed by atoms with van der Waals surface area (Å²) in [6.07, 6.45) is 1.43. The second kappa shape index (κ2) is 8.52. The third kappa shape index (κ3) is 5.72. The van der Waals surface area contributed by atoms with Gasteiger partial charge in [0.25, 0.3) is 5.91 Å². The minimum absolute atomic E-state index is 0.0719. The molecular formula is C17H24FN3O3. The maximum absolute atomic E-state index is 12.8. The minimum atomic E-state index is -0.343. The molecule has 1 aliphatic heterocycles. The van der Waals surface area contributed by atoms with E-state index in [1.54, 1.807) is 4.90 Å². The van der Waals surface area contributed by atoms with Gasteiger partial charge in [0.05, 0.1) is 0 Å². The highest BCUT2D eigenvalue weighted by Gasteiger charge is 2.24. The monoisotopic (exact) mass is 337 g/mol. The van der Waals surface area contributed by atoms with Crippen molar-refractivity contribution in [3.8, 4) is 5.75 Å². The lowest BCUT2D eigenvalue weighted by Gasteiger charge is -2.32. The fraction of sp³-hybridized carbons (Fsp3) is 0.529. The van der Waals surface area contributed by atoms with Gasteiger partial charge in [0.2, 0.25) is 0 Å². The van der Waals surface area contributed by atoms with Gasteiger partial charge in [-0.1, -0.05) is 0 Å². The smallest absolute Gasteiger partial charge is 0.315 e. The number of benzene rings is 1. The molecule has 0 aromatic heterocycles. The quantitative estimate of drug-likeness (QED) is 0.862. The van der Waals surface area contributed by atoms with Crippen molar-refractivity contribution in [3.05, 3.63) is 30.1 Å². The number of ether oxygens (including phenoxy) is 1. The molecule has 0 radical (unpaired) electrons. The lowest BCUT2D eigenvalue weighted by molar-refractivity contribution is -0.134. The van der Waals surface area contributed by atoms with Gasteiger partial charge in [0.1, 0.15) is 11.6 Å². The molecule has 2 rings (SSSR count).